The van der Waals surface area contributed by atoms with Crippen LogP contribution in [0.1, 0.15) is 0 Å². The van der Waals surface area contributed by atoms with Gasteiger partial charge in [0.25, 0.3) is 0 Å². The van der Waals surface area contributed by atoms with E-state index >= 15 is 0 Å². The zero-order chi connectivity index (χ0) is 11.8. The summed E-state index contributed by atoms with van der Waals surface area (Å²) in [6, 6.07) is 9.52. The van der Waals surface area contributed by atoms with Crippen LogP contribution in [0.4, 0.5) is 0 Å². The molecule has 84 valence electrons. The van der Waals surface area contributed by atoms with Crippen molar-refractivity contribution in [2.45, 2.75) is 0 Å². The Morgan fingerprint density at radius 1 is 1.18 bits per heavy atom. The molecule has 0 fully saturated rings. The zero-order valence-corrected chi connectivity index (χ0v) is 9.12. The third kappa shape index (κ3) is 1.36. The van der Waals surface area contributed by atoms with Crippen LogP contribution in [0.3, 0.4) is 0 Å². The third-order valence-electron chi connectivity index (χ3n) is 2.66. The molecule has 0 aliphatic rings. The second kappa shape index (κ2) is 3.55. The minimum Gasteiger partial charge on any atom is -0.467 e. The van der Waals surface area contributed by atoms with Gasteiger partial charge in [-0.2, -0.15) is 0 Å². The van der Waals surface area contributed by atoms with Gasteiger partial charge < -0.3 is 4.74 Å². The number of hydrogen-bond donors (Lipinski definition) is 0. The molecule has 0 aliphatic carbocycles. The van der Waals surface area contributed by atoms with Crippen molar-refractivity contribution in [1.29, 1.82) is 0 Å². The Morgan fingerprint density at radius 3 is 2.82 bits per heavy atom. The second-order valence-corrected chi connectivity index (χ2v) is 3.61. The van der Waals surface area contributed by atoms with Crippen LogP contribution in [0.5, 0.6) is 6.01 Å². The molecule has 0 spiro atoms. The molecule has 5 heteroatoms. The molecule has 0 radical (unpaired) electrons. The molecule has 0 aliphatic heterocycles. The molecule has 2 heterocycles. The Hall–Kier alpha value is -2.43. The molecule has 0 N–H and O–H groups in total. The molecule has 0 bridgehead atoms. The summed E-state index contributed by atoms with van der Waals surface area (Å²) in [6.07, 6.45) is 1.73. The molecule has 17 heavy (non-hydrogen) atoms. The van der Waals surface area contributed by atoms with Gasteiger partial charge in [0.15, 0.2) is 0 Å². The highest BCUT2D eigenvalue weighted by molar-refractivity contribution is 5.83. The predicted octanol–water partition coefficient (Wildman–Crippen LogP) is 1.25. The number of benzene rings is 1. The first-order chi connectivity index (χ1) is 8.31. The van der Waals surface area contributed by atoms with Gasteiger partial charge >= 0.3 is 6.01 Å². The molecule has 1 aromatic carbocycles. The van der Waals surface area contributed by atoms with E-state index in [0.29, 0.717) is 11.4 Å². The van der Waals surface area contributed by atoms with Gasteiger partial charge in [0.05, 0.1) is 7.11 Å². The van der Waals surface area contributed by atoms with E-state index in [1.54, 1.807) is 16.7 Å². The van der Waals surface area contributed by atoms with Crippen LogP contribution >= 0.6 is 0 Å². The van der Waals surface area contributed by atoms with E-state index in [0.717, 1.165) is 5.39 Å². The molecule has 2 aromatic heterocycles. The summed E-state index contributed by atoms with van der Waals surface area (Å²) in [5.41, 5.74) is 0.115. The minimum absolute atomic E-state index is 0.151. The number of fused-ring (bicyclic) bond motifs is 2. The van der Waals surface area contributed by atoms with E-state index in [1.165, 1.54) is 7.11 Å². The molecule has 3 rings (SSSR count). The molecule has 0 unspecified atom stereocenters. The van der Waals surface area contributed by atoms with E-state index in [1.807, 2.05) is 24.3 Å². The summed E-state index contributed by atoms with van der Waals surface area (Å²) in [4.78, 5) is 12.2. The largest absolute Gasteiger partial charge is 0.467 e. The predicted molar refractivity (Wildman–Crippen MR) is 63.3 cm³/mol. The number of rotatable bonds is 1. The summed E-state index contributed by atoms with van der Waals surface area (Å²) in [5.74, 6) is 0. The topological polar surface area (TPSA) is 56.5 Å². The van der Waals surface area contributed by atoms with Gasteiger partial charge in [-0.1, -0.05) is 29.4 Å². The summed E-state index contributed by atoms with van der Waals surface area (Å²) < 4.78 is 6.59. The smallest absolute Gasteiger partial charge is 0.321 e. The van der Waals surface area contributed by atoms with Gasteiger partial charge in [-0.05, 0) is 11.5 Å². The molecule has 3 aromatic rings. The molecular weight excluding hydrogens is 218 g/mol. The minimum atomic E-state index is -0.151. The van der Waals surface area contributed by atoms with E-state index in [-0.39, 0.29) is 11.1 Å². The number of nitrogens with zero attached hydrogens (tertiary/aromatic N) is 3. The third-order valence-corrected chi connectivity index (χ3v) is 2.66. The number of hydrogen-bond acceptors (Lipinski definition) is 4. The fraction of sp³-hybridized carbons (Fsp3) is 0.0833. The van der Waals surface area contributed by atoms with Gasteiger partial charge in [-0.3, -0.25) is 4.79 Å². The Balaban J connectivity index is 2.59. The van der Waals surface area contributed by atoms with Crippen LogP contribution in [0.15, 0.2) is 41.3 Å². The quantitative estimate of drug-likeness (QED) is 0.627. The van der Waals surface area contributed by atoms with Gasteiger partial charge in [0.2, 0.25) is 11.1 Å². The first-order valence-electron chi connectivity index (χ1n) is 5.12. The maximum absolute atomic E-state index is 12.2. The number of ether oxygens (including phenoxy) is 1. The molecule has 0 atom stereocenters. The number of methoxy groups -OCH3 is 1. The molecular formula is C12H9N3O2. The van der Waals surface area contributed by atoms with Crippen molar-refractivity contribution in [2.24, 2.45) is 0 Å². The molecule has 0 saturated heterocycles. The van der Waals surface area contributed by atoms with Crippen molar-refractivity contribution in [3.63, 3.8) is 0 Å². The zero-order valence-electron chi connectivity index (χ0n) is 9.12. The lowest BCUT2D eigenvalue weighted by Crippen LogP contribution is -2.01. The van der Waals surface area contributed by atoms with Gasteiger partial charge in [0.1, 0.15) is 0 Å². The highest BCUT2D eigenvalue weighted by Crippen LogP contribution is 2.12. The highest BCUT2D eigenvalue weighted by Gasteiger charge is 2.08. The summed E-state index contributed by atoms with van der Waals surface area (Å²) >= 11 is 0. The standard InChI is InChI=1S/C12H9N3O2/c1-17-12-14-13-11-10(16)9-5-3-2-4-8(9)6-7-15(11)12/h2-7H,1H3. The monoisotopic (exact) mass is 227 g/mol. The molecule has 0 amide bonds. The van der Waals surface area contributed by atoms with Crippen molar-refractivity contribution in [3.8, 4) is 6.01 Å². The lowest BCUT2D eigenvalue weighted by atomic mass is 10.2. The second-order valence-electron chi connectivity index (χ2n) is 3.61. The molecule has 0 saturated carbocycles. The Kier molecular flexibility index (Phi) is 2.04. The van der Waals surface area contributed by atoms with Crippen LogP contribution in [0.2, 0.25) is 0 Å². The summed E-state index contributed by atoms with van der Waals surface area (Å²) in [7, 11) is 1.49. The number of aromatic nitrogens is 3. The maximum Gasteiger partial charge on any atom is 0.321 e. The fourth-order valence-electron chi connectivity index (χ4n) is 1.83. The van der Waals surface area contributed by atoms with Crippen molar-refractivity contribution in [2.75, 3.05) is 7.11 Å². The first kappa shape index (κ1) is 9.77. The average molecular weight is 227 g/mol. The normalized spacial score (nSPS) is 10.9. The van der Waals surface area contributed by atoms with E-state index < -0.39 is 0 Å². The average Bonchev–Trinajstić information content (AvgIpc) is 2.73. The van der Waals surface area contributed by atoms with Gasteiger partial charge in [0, 0.05) is 11.6 Å². The lowest BCUT2D eigenvalue weighted by Gasteiger charge is -1.91. The van der Waals surface area contributed by atoms with E-state index in [4.69, 9.17) is 4.74 Å². The Bertz CT molecular complexity index is 764. The van der Waals surface area contributed by atoms with Crippen LogP contribution in [0.25, 0.3) is 16.4 Å². The lowest BCUT2D eigenvalue weighted by molar-refractivity contribution is 0.375. The highest BCUT2D eigenvalue weighted by atomic mass is 16.5. The first-order valence-corrected chi connectivity index (χ1v) is 5.12. The van der Waals surface area contributed by atoms with Crippen molar-refractivity contribution in [3.05, 3.63) is 46.8 Å². The summed E-state index contributed by atoms with van der Waals surface area (Å²) in [5, 5.41) is 9.14. The Labute approximate surface area is 96.3 Å². The summed E-state index contributed by atoms with van der Waals surface area (Å²) in [6.45, 7) is 0. The van der Waals surface area contributed by atoms with Crippen LogP contribution in [-0.4, -0.2) is 21.7 Å². The van der Waals surface area contributed by atoms with E-state index in [9.17, 15) is 4.79 Å². The molecule has 5 nitrogen and oxygen atoms in total. The fourth-order valence-corrected chi connectivity index (χ4v) is 1.83. The SMILES string of the molecule is COc1nnc2c(=O)c3ccccc3ccn12. The Morgan fingerprint density at radius 2 is 2.00 bits per heavy atom. The van der Waals surface area contributed by atoms with Gasteiger partial charge in [-0.25, -0.2) is 4.40 Å². The van der Waals surface area contributed by atoms with Gasteiger partial charge in [-0.15, -0.1) is 5.10 Å². The maximum atomic E-state index is 12.2. The van der Waals surface area contributed by atoms with E-state index in [2.05, 4.69) is 10.2 Å². The van der Waals surface area contributed by atoms with Crippen LogP contribution in [0, 0.1) is 0 Å². The van der Waals surface area contributed by atoms with Crippen LogP contribution in [-0.2, 0) is 0 Å². The van der Waals surface area contributed by atoms with Crippen molar-refractivity contribution >= 4 is 16.4 Å². The van der Waals surface area contributed by atoms with Crippen molar-refractivity contribution in [1.82, 2.24) is 14.6 Å². The van der Waals surface area contributed by atoms with Crippen molar-refractivity contribution < 1.29 is 4.74 Å². The van der Waals surface area contributed by atoms with Crippen LogP contribution < -0.4 is 10.2 Å².